The minimum Gasteiger partial charge on any atom is -0.479 e. The van der Waals surface area contributed by atoms with Crippen molar-refractivity contribution in [2.45, 2.75) is 32.0 Å². The molecule has 14 heavy (non-hydrogen) atoms. The fourth-order valence-electron chi connectivity index (χ4n) is 0.834. The van der Waals surface area contributed by atoms with Gasteiger partial charge in [-0.25, -0.2) is 4.79 Å². The van der Waals surface area contributed by atoms with E-state index in [0.29, 0.717) is 0 Å². The van der Waals surface area contributed by atoms with Gasteiger partial charge in [0.1, 0.15) is 0 Å². The van der Waals surface area contributed by atoms with Crippen LogP contribution in [0.1, 0.15) is 20.3 Å². The highest BCUT2D eigenvalue weighted by atomic mass is 16.5. The van der Waals surface area contributed by atoms with E-state index < -0.39 is 30.1 Å². The SMILES string of the molecule is CCOC(=O)CC(O)(C(=O)O)C(C)O. The predicted molar refractivity (Wildman–Crippen MR) is 45.5 cm³/mol. The lowest BCUT2D eigenvalue weighted by Gasteiger charge is -2.24. The van der Waals surface area contributed by atoms with Crippen LogP contribution in [0.15, 0.2) is 0 Å². The number of aliphatic carboxylic acids is 1. The van der Waals surface area contributed by atoms with Crippen molar-refractivity contribution < 1.29 is 29.6 Å². The Morgan fingerprint density at radius 2 is 2.00 bits per heavy atom. The van der Waals surface area contributed by atoms with Crippen molar-refractivity contribution in [1.29, 1.82) is 0 Å². The summed E-state index contributed by atoms with van der Waals surface area (Å²) in [6.45, 7) is 2.74. The zero-order valence-corrected chi connectivity index (χ0v) is 8.06. The summed E-state index contributed by atoms with van der Waals surface area (Å²) in [4.78, 5) is 21.5. The number of hydrogen-bond acceptors (Lipinski definition) is 5. The van der Waals surface area contributed by atoms with Crippen molar-refractivity contribution in [3.63, 3.8) is 0 Å². The van der Waals surface area contributed by atoms with Crippen molar-refractivity contribution in [1.82, 2.24) is 0 Å². The van der Waals surface area contributed by atoms with Crippen LogP contribution in [0.4, 0.5) is 0 Å². The molecule has 6 nitrogen and oxygen atoms in total. The van der Waals surface area contributed by atoms with Crippen molar-refractivity contribution >= 4 is 11.9 Å². The topological polar surface area (TPSA) is 104 Å². The molecule has 2 atom stereocenters. The van der Waals surface area contributed by atoms with Crippen LogP contribution in [0.25, 0.3) is 0 Å². The molecule has 0 saturated heterocycles. The zero-order chi connectivity index (χ0) is 11.4. The van der Waals surface area contributed by atoms with Crippen LogP contribution in [0.2, 0.25) is 0 Å². The Balaban J connectivity index is 4.54. The minimum atomic E-state index is -2.48. The van der Waals surface area contributed by atoms with Crippen LogP contribution >= 0.6 is 0 Å². The fourth-order valence-corrected chi connectivity index (χ4v) is 0.834. The van der Waals surface area contributed by atoms with Gasteiger partial charge in [0.15, 0.2) is 5.60 Å². The quantitative estimate of drug-likeness (QED) is 0.505. The van der Waals surface area contributed by atoms with E-state index in [4.69, 9.17) is 10.2 Å². The van der Waals surface area contributed by atoms with Crippen molar-refractivity contribution in [3.8, 4) is 0 Å². The fraction of sp³-hybridized carbons (Fsp3) is 0.750. The van der Waals surface area contributed by atoms with E-state index in [-0.39, 0.29) is 6.61 Å². The number of aliphatic hydroxyl groups is 2. The highest BCUT2D eigenvalue weighted by Gasteiger charge is 2.43. The summed E-state index contributed by atoms with van der Waals surface area (Å²) in [7, 11) is 0. The molecule has 0 heterocycles. The van der Waals surface area contributed by atoms with Gasteiger partial charge in [-0.2, -0.15) is 0 Å². The van der Waals surface area contributed by atoms with Gasteiger partial charge in [-0.05, 0) is 13.8 Å². The maximum atomic E-state index is 10.9. The largest absolute Gasteiger partial charge is 0.479 e. The standard InChI is InChI=1S/C8H14O6/c1-3-14-6(10)4-8(13,5(2)9)7(11)12/h5,9,13H,3-4H2,1-2H3,(H,11,12). The molecule has 0 spiro atoms. The number of aliphatic hydroxyl groups excluding tert-OH is 1. The molecule has 0 aliphatic carbocycles. The highest BCUT2D eigenvalue weighted by molar-refractivity contribution is 5.84. The third-order valence-electron chi connectivity index (χ3n) is 1.78. The summed E-state index contributed by atoms with van der Waals surface area (Å²) in [5.74, 6) is -2.51. The number of hydrogen-bond donors (Lipinski definition) is 3. The molecule has 0 saturated carbocycles. The predicted octanol–water partition coefficient (Wildman–Crippen LogP) is -0.864. The molecule has 0 fully saturated rings. The molecule has 0 amide bonds. The lowest BCUT2D eigenvalue weighted by Crippen LogP contribution is -2.50. The van der Waals surface area contributed by atoms with Gasteiger partial charge in [-0.1, -0.05) is 0 Å². The van der Waals surface area contributed by atoms with Gasteiger partial charge in [0.25, 0.3) is 0 Å². The van der Waals surface area contributed by atoms with Crippen LogP contribution in [0.5, 0.6) is 0 Å². The summed E-state index contributed by atoms with van der Waals surface area (Å²) in [5, 5.41) is 27.0. The normalized spacial score (nSPS) is 16.9. The van der Waals surface area contributed by atoms with E-state index in [0.717, 1.165) is 6.92 Å². The molecular weight excluding hydrogens is 192 g/mol. The van der Waals surface area contributed by atoms with Crippen LogP contribution < -0.4 is 0 Å². The first kappa shape index (κ1) is 12.9. The van der Waals surface area contributed by atoms with Gasteiger partial charge in [0.2, 0.25) is 0 Å². The van der Waals surface area contributed by atoms with Gasteiger partial charge >= 0.3 is 11.9 Å². The van der Waals surface area contributed by atoms with Gasteiger partial charge < -0.3 is 20.1 Å². The Morgan fingerprint density at radius 1 is 1.50 bits per heavy atom. The van der Waals surface area contributed by atoms with Gasteiger partial charge in [-0.3, -0.25) is 4.79 Å². The minimum absolute atomic E-state index is 0.0916. The van der Waals surface area contributed by atoms with Crippen LogP contribution in [-0.2, 0) is 14.3 Å². The molecule has 0 aromatic rings. The first-order chi connectivity index (χ1) is 6.34. The molecule has 0 rings (SSSR count). The number of rotatable bonds is 5. The Labute approximate surface area is 81.1 Å². The number of carboxylic acid groups (broad SMARTS) is 1. The smallest absolute Gasteiger partial charge is 0.339 e. The molecule has 2 unspecified atom stereocenters. The van der Waals surface area contributed by atoms with Gasteiger partial charge in [0, 0.05) is 0 Å². The highest BCUT2D eigenvalue weighted by Crippen LogP contribution is 2.16. The van der Waals surface area contributed by atoms with Crippen LogP contribution in [0, 0.1) is 0 Å². The van der Waals surface area contributed by atoms with Crippen LogP contribution in [0.3, 0.4) is 0 Å². The summed E-state index contributed by atoms with van der Waals surface area (Å²) < 4.78 is 4.46. The number of carboxylic acids is 1. The Kier molecular flexibility index (Phi) is 4.52. The average molecular weight is 206 g/mol. The Hall–Kier alpha value is -1.14. The number of ether oxygens (including phenoxy) is 1. The summed E-state index contributed by atoms with van der Waals surface area (Å²) in [5.41, 5.74) is -2.48. The summed E-state index contributed by atoms with van der Waals surface area (Å²) >= 11 is 0. The molecule has 0 aliphatic heterocycles. The van der Waals surface area contributed by atoms with E-state index >= 15 is 0 Å². The summed E-state index contributed by atoms with van der Waals surface area (Å²) in [6.07, 6.45) is -2.32. The van der Waals surface area contributed by atoms with Gasteiger partial charge in [-0.15, -0.1) is 0 Å². The molecule has 0 radical (unpaired) electrons. The number of carbonyl (C=O) groups is 2. The first-order valence-corrected chi connectivity index (χ1v) is 4.14. The van der Waals surface area contributed by atoms with E-state index in [9.17, 15) is 14.7 Å². The van der Waals surface area contributed by atoms with Gasteiger partial charge in [0.05, 0.1) is 19.1 Å². The van der Waals surface area contributed by atoms with E-state index in [1.165, 1.54) is 0 Å². The van der Waals surface area contributed by atoms with Crippen LogP contribution in [-0.4, -0.2) is 45.6 Å². The molecule has 0 aromatic carbocycles. The number of carbonyl (C=O) groups excluding carboxylic acids is 1. The third kappa shape index (κ3) is 2.97. The Morgan fingerprint density at radius 3 is 2.29 bits per heavy atom. The molecule has 0 bridgehead atoms. The van der Waals surface area contributed by atoms with E-state index in [1.54, 1.807) is 6.92 Å². The lowest BCUT2D eigenvalue weighted by molar-refractivity contribution is -0.178. The summed E-state index contributed by atoms with van der Waals surface area (Å²) in [6, 6.07) is 0. The average Bonchev–Trinajstić information content (AvgIpc) is 2.03. The second-order valence-electron chi connectivity index (χ2n) is 2.89. The van der Waals surface area contributed by atoms with E-state index in [1.807, 2.05) is 0 Å². The molecule has 0 aromatic heterocycles. The third-order valence-corrected chi connectivity index (χ3v) is 1.78. The lowest BCUT2D eigenvalue weighted by atomic mass is 9.94. The second kappa shape index (κ2) is 4.92. The molecule has 82 valence electrons. The zero-order valence-electron chi connectivity index (χ0n) is 8.06. The molecule has 3 N–H and O–H groups in total. The Bertz CT molecular complexity index is 224. The van der Waals surface area contributed by atoms with Crippen molar-refractivity contribution in [3.05, 3.63) is 0 Å². The van der Waals surface area contributed by atoms with Crippen molar-refractivity contribution in [2.24, 2.45) is 0 Å². The molecular formula is C8H14O6. The maximum absolute atomic E-state index is 10.9. The molecule has 6 heteroatoms. The first-order valence-electron chi connectivity index (χ1n) is 4.14. The maximum Gasteiger partial charge on any atom is 0.339 e. The van der Waals surface area contributed by atoms with E-state index in [2.05, 4.69) is 4.74 Å². The molecule has 0 aliphatic rings. The number of esters is 1. The second-order valence-corrected chi connectivity index (χ2v) is 2.89. The van der Waals surface area contributed by atoms with Crippen molar-refractivity contribution in [2.75, 3.05) is 6.61 Å². The monoisotopic (exact) mass is 206 g/mol.